The molecule has 1 amide bonds. The van der Waals surface area contributed by atoms with Gasteiger partial charge in [0.2, 0.25) is 5.91 Å². The molecule has 1 aromatic heterocycles. The Morgan fingerprint density at radius 3 is 2.54 bits per heavy atom. The standard InChI is InChI=1S/C18H17ClN2O3/c19-16-8-5-14(11-20-16)12-24-18(23)10-13-3-6-15(7-4-13)21-9-1-2-17(21)22/h3-8,11H,1-2,9-10,12H2. The molecule has 124 valence electrons. The Balaban J connectivity index is 1.52. The summed E-state index contributed by atoms with van der Waals surface area (Å²) in [5.74, 6) is -0.159. The van der Waals surface area contributed by atoms with Crippen molar-refractivity contribution < 1.29 is 14.3 Å². The molecule has 5 nitrogen and oxygen atoms in total. The van der Waals surface area contributed by atoms with Crippen LogP contribution in [0.25, 0.3) is 0 Å². The molecule has 6 heteroatoms. The molecule has 0 saturated carbocycles. The highest BCUT2D eigenvalue weighted by atomic mass is 35.5. The number of anilines is 1. The molecule has 2 heterocycles. The largest absolute Gasteiger partial charge is 0.460 e. The predicted molar refractivity (Wildman–Crippen MR) is 90.8 cm³/mol. The summed E-state index contributed by atoms with van der Waals surface area (Å²) in [5, 5.41) is 0.404. The van der Waals surface area contributed by atoms with Crippen LogP contribution in [0.4, 0.5) is 5.69 Å². The van der Waals surface area contributed by atoms with Crippen LogP contribution in [0.1, 0.15) is 24.0 Å². The Bertz CT molecular complexity index is 729. The first-order valence-corrected chi connectivity index (χ1v) is 8.15. The van der Waals surface area contributed by atoms with Gasteiger partial charge < -0.3 is 9.64 Å². The summed E-state index contributed by atoms with van der Waals surface area (Å²) in [6.07, 6.45) is 3.27. The lowest BCUT2D eigenvalue weighted by Gasteiger charge is -2.15. The Kier molecular flexibility index (Phi) is 5.11. The van der Waals surface area contributed by atoms with Crippen LogP contribution in [0, 0.1) is 0 Å². The molecule has 1 aromatic carbocycles. The summed E-state index contributed by atoms with van der Waals surface area (Å²) in [4.78, 5) is 29.3. The molecule has 0 spiro atoms. The smallest absolute Gasteiger partial charge is 0.310 e. The monoisotopic (exact) mass is 344 g/mol. The van der Waals surface area contributed by atoms with Crippen LogP contribution in [0.5, 0.6) is 0 Å². The molecular weight excluding hydrogens is 328 g/mol. The summed E-state index contributed by atoms with van der Waals surface area (Å²) in [7, 11) is 0. The maximum Gasteiger partial charge on any atom is 0.310 e. The van der Waals surface area contributed by atoms with Crippen molar-refractivity contribution in [1.82, 2.24) is 4.98 Å². The number of esters is 1. The van der Waals surface area contributed by atoms with Crippen LogP contribution in [0.3, 0.4) is 0 Å². The highest BCUT2D eigenvalue weighted by Crippen LogP contribution is 2.21. The highest BCUT2D eigenvalue weighted by molar-refractivity contribution is 6.29. The molecule has 1 aliphatic rings. The number of benzene rings is 1. The van der Waals surface area contributed by atoms with E-state index >= 15 is 0 Å². The summed E-state index contributed by atoms with van der Waals surface area (Å²) in [6, 6.07) is 10.9. The number of aromatic nitrogens is 1. The first-order valence-electron chi connectivity index (χ1n) is 7.77. The van der Waals surface area contributed by atoms with Gasteiger partial charge >= 0.3 is 5.97 Å². The van der Waals surface area contributed by atoms with E-state index in [0.717, 1.165) is 29.8 Å². The molecule has 0 N–H and O–H groups in total. The highest BCUT2D eigenvalue weighted by Gasteiger charge is 2.21. The van der Waals surface area contributed by atoms with Crippen molar-refractivity contribution in [2.24, 2.45) is 0 Å². The summed E-state index contributed by atoms with van der Waals surface area (Å²) in [6.45, 7) is 0.929. The van der Waals surface area contributed by atoms with Gasteiger partial charge in [-0.15, -0.1) is 0 Å². The van der Waals surface area contributed by atoms with Gasteiger partial charge in [0.15, 0.2) is 0 Å². The summed E-state index contributed by atoms with van der Waals surface area (Å²) >= 11 is 5.71. The third-order valence-corrected chi connectivity index (χ3v) is 4.08. The number of carbonyl (C=O) groups excluding carboxylic acids is 2. The van der Waals surface area contributed by atoms with E-state index in [0.29, 0.717) is 11.6 Å². The van der Waals surface area contributed by atoms with Gasteiger partial charge in [-0.1, -0.05) is 29.8 Å². The minimum absolute atomic E-state index is 0.152. The second-order valence-corrected chi connectivity index (χ2v) is 6.03. The molecule has 2 aromatic rings. The molecule has 0 atom stereocenters. The van der Waals surface area contributed by atoms with E-state index in [1.807, 2.05) is 24.3 Å². The number of rotatable bonds is 5. The van der Waals surface area contributed by atoms with Crippen molar-refractivity contribution in [2.45, 2.75) is 25.9 Å². The van der Waals surface area contributed by atoms with Crippen LogP contribution in [0.2, 0.25) is 5.15 Å². The normalized spacial score (nSPS) is 14.0. The van der Waals surface area contributed by atoms with Crippen molar-refractivity contribution >= 4 is 29.2 Å². The lowest BCUT2D eigenvalue weighted by Crippen LogP contribution is -2.23. The number of hydrogen-bond donors (Lipinski definition) is 0. The maximum absolute atomic E-state index is 11.9. The molecule has 24 heavy (non-hydrogen) atoms. The van der Waals surface area contributed by atoms with Crippen LogP contribution >= 0.6 is 11.6 Å². The first-order chi connectivity index (χ1) is 11.6. The van der Waals surface area contributed by atoms with E-state index in [2.05, 4.69) is 4.98 Å². The Labute approximate surface area is 145 Å². The molecule has 3 rings (SSSR count). The fraction of sp³-hybridized carbons (Fsp3) is 0.278. The lowest BCUT2D eigenvalue weighted by molar-refractivity contribution is -0.144. The molecule has 0 unspecified atom stereocenters. The quantitative estimate of drug-likeness (QED) is 0.617. The predicted octanol–water partition coefficient (Wildman–Crippen LogP) is 3.15. The fourth-order valence-corrected chi connectivity index (χ4v) is 2.70. The zero-order chi connectivity index (χ0) is 16.9. The fourth-order valence-electron chi connectivity index (χ4n) is 2.59. The molecule has 0 bridgehead atoms. The molecular formula is C18H17ClN2O3. The van der Waals surface area contributed by atoms with Gasteiger partial charge in [-0.3, -0.25) is 9.59 Å². The Morgan fingerprint density at radius 2 is 1.92 bits per heavy atom. The van der Waals surface area contributed by atoms with E-state index < -0.39 is 0 Å². The van der Waals surface area contributed by atoms with Crippen molar-refractivity contribution in [2.75, 3.05) is 11.4 Å². The van der Waals surface area contributed by atoms with Crippen molar-refractivity contribution in [3.63, 3.8) is 0 Å². The van der Waals surface area contributed by atoms with E-state index in [9.17, 15) is 9.59 Å². The topological polar surface area (TPSA) is 59.5 Å². The van der Waals surface area contributed by atoms with E-state index in [-0.39, 0.29) is 24.9 Å². The number of carbonyl (C=O) groups is 2. The number of halogens is 1. The first kappa shape index (κ1) is 16.5. The van der Waals surface area contributed by atoms with Gasteiger partial charge in [0, 0.05) is 30.4 Å². The number of nitrogens with zero attached hydrogens (tertiary/aromatic N) is 2. The average Bonchev–Trinajstić information content (AvgIpc) is 3.01. The van der Waals surface area contributed by atoms with Gasteiger partial charge in [0.1, 0.15) is 11.8 Å². The summed E-state index contributed by atoms with van der Waals surface area (Å²) in [5.41, 5.74) is 2.52. The van der Waals surface area contributed by atoms with Gasteiger partial charge in [-0.25, -0.2) is 4.98 Å². The van der Waals surface area contributed by atoms with Crippen molar-refractivity contribution in [1.29, 1.82) is 0 Å². The van der Waals surface area contributed by atoms with Gasteiger partial charge in [-0.2, -0.15) is 0 Å². The minimum Gasteiger partial charge on any atom is -0.460 e. The van der Waals surface area contributed by atoms with E-state index in [1.54, 1.807) is 23.2 Å². The third-order valence-electron chi connectivity index (χ3n) is 3.86. The molecule has 1 saturated heterocycles. The zero-order valence-corrected chi connectivity index (χ0v) is 13.8. The third kappa shape index (κ3) is 4.11. The molecule has 1 fully saturated rings. The van der Waals surface area contributed by atoms with Crippen LogP contribution in [0.15, 0.2) is 42.6 Å². The maximum atomic E-state index is 11.9. The van der Waals surface area contributed by atoms with Crippen LogP contribution in [-0.4, -0.2) is 23.4 Å². The minimum atomic E-state index is -0.310. The van der Waals surface area contributed by atoms with Gasteiger partial charge in [0.05, 0.1) is 6.42 Å². The summed E-state index contributed by atoms with van der Waals surface area (Å²) < 4.78 is 5.23. The van der Waals surface area contributed by atoms with Crippen molar-refractivity contribution in [3.05, 3.63) is 58.9 Å². The lowest BCUT2D eigenvalue weighted by atomic mass is 10.1. The van der Waals surface area contributed by atoms with Crippen molar-refractivity contribution in [3.8, 4) is 0 Å². The second-order valence-electron chi connectivity index (χ2n) is 5.64. The molecule has 0 aliphatic carbocycles. The van der Waals surface area contributed by atoms with E-state index in [1.165, 1.54) is 0 Å². The number of pyridine rings is 1. The van der Waals surface area contributed by atoms with Gasteiger partial charge in [-0.05, 0) is 30.2 Å². The zero-order valence-electron chi connectivity index (χ0n) is 13.1. The Morgan fingerprint density at radius 1 is 1.17 bits per heavy atom. The van der Waals surface area contributed by atoms with Crippen LogP contribution < -0.4 is 4.90 Å². The van der Waals surface area contributed by atoms with E-state index in [4.69, 9.17) is 16.3 Å². The molecule has 0 radical (unpaired) electrons. The second kappa shape index (κ2) is 7.45. The number of hydrogen-bond acceptors (Lipinski definition) is 4. The SMILES string of the molecule is O=C(Cc1ccc(N2CCCC2=O)cc1)OCc1ccc(Cl)nc1. The van der Waals surface area contributed by atoms with Gasteiger partial charge in [0.25, 0.3) is 0 Å². The van der Waals surface area contributed by atoms with Crippen LogP contribution in [-0.2, 0) is 27.4 Å². The number of amides is 1. The number of ether oxygens (including phenoxy) is 1. The molecule has 1 aliphatic heterocycles. The average molecular weight is 345 g/mol. The Hall–Kier alpha value is -2.40.